The monoisotopic (exact) mass is 345 g/mol. The molecule has 0 aliphatic rings. The van der Waals surface area contributed by atoms with Gasteiger partial charge in [-0.15, -0.1) is 0 Å². The number of hydrogen-bond acceptors (Lipinski definition) is 6. The zero-order valence-electron chi connectivity index (χ0n) is 13.3. The van der Waals surface area contributed by atoms with Crippen molar-refractivity contribution in [2.75, 3.05) is 11.1 Å². The number of pyridine rings is 1. The molecule has 25 heavy (non-hydrogen) atoms. The molecule has 0 saturated carbocycles. The topological polar surface area (TPSA) is 76.7 Å². The van der Waals surface area contributed by atoms with Crippen molar-refractivity contribution in [3.8, 4) is 0 Å². The minimum Gasteiger partial charge on any atom is -0.394 e. The summed E-state index contributed by atoms with van der Waals surface area (Å²) in [4.78, 5) is 14.1. The first-order chi connectivity index (χ1) is 12.3. The Hall–Kier alpha value is -3.12. The van der Waals surface area contributed by atoms with Crippen LogP contribution in [0.25, 0.3) is 10.9 Å². The van der Waals surface area contributed by atoms with Gasteiger partial charge in [0.05, 0.1) is 5.52 Å². The summed E-state index contributed by atoms with van der Waals surface area (Å²) in [5.41, 5.74) is 8.65. The van der Waals surface area contributed by atoms with Crippen molar-refractivity contribution < 1.29 is 0 Å². The van der Waals surface area contributed by atoms with E-state index in [9.17, 15) is 0 Å². The standard InChI is InChI=1S/C19H15N5S/c20-17-18(22-12-23-19(17)25-13-6-2-1-3-7-13)24-16-10-4-9-15-14(16)8-5-11-21-15/h1-12H,20H2,(H,22,23,24). The van der Waals surface area contributed by atoms with Crippen LogP contribution < -0.4 is 11.1 Å². The maximum absolute atomic E-state index is 6.30. The van der Waals surface area contributed by atoms with E-state index in [0.29, 0.717) is 11.5 Å². The van der Waals surface area contributed by atoms with Crippen LogP contribution in [0.5, 0.6) is 0 Å². The zero-order valence-corrected chi connectivity index (χ0v) is 14.1. The largest absolute Gasteiger partial charge is 0.394 e. The van der Waals surface area contributed by atoms with Gasteiger partial charge in [0.25, 0.3) is 0 Å². The van der Waals surface area contributed by atoms with Gasteiger partial charge in [-0.2, -0.15) is 0 Å². The number of fused-ring (bicyclic) bond motifs is 1. The molecule has 122 valence electrons. The fourth-order valence-corrected chi connectivity index (χ4v) is 3.32. The highest BCUT2D eigenvalue weighted by atomic mass is 32.2. The fraction of sp³-hybridized carbons (Fsp3) is 0. The van der Waals surface area contributed by atoms with Gasteiger partial charge in [-0.05, 0) is 36.4 Å². The molecule has 0 aliphatic carbocycles. The number of benzene rings is 2. The summed E-state index contributed by atoms with van der Waals surface area (Å²) >= 11 is 1.51. The first-order valence-corrected chi connectivity index (χ1v) is 8.57. The predicted molar refractivity (Wildman–Crippen MR) is 102 cm³/mol. The van der Waals surface area contributed by atoms with Crippen molar-refractivity contribution in [2.24, 2.45) is 0 Å². The van der Waals surface area contributed by atoms with E-state index in [2.05, 4.69) is 20.3 Å². The van der Waals surface area contributed by atoms with Gasteiger partial charge < -0.3 is 11.1 Å². The molecule has 0 spiro atoms. The second kappa shape index (κ2) is 6.78. The average Bonchev–Trinajstić information content (AvgIpc) is 2.66. The Morgan fingerprint density at radius 2 is 1.72 bits per heavy atom. The summed E-state index contributed by atoms with van der Waals surface area (Å²) in [5, 5.41) is 5.05. The van der Waals surface area contributed by atoms with Crippen molar-refractivity contribution in [1.82, 2.24) is 15.0 Å². The molecule has 0 radical (unpaired) electrons. The molecule has 0 saturated heterocycles. The van der Waals surface area contributed by atoms with Crippen LogP contribution in [0.3, 0.4) is 0 Å². The molecule has 0 unspecified atom stereocenters. The number of nitrogens with zero attached hydrogens (tertiary/aromatic N) is 3. The molecule has 0 atom stereocenters. The van der Waals surface area contributed by atoms with Crippen molar-refractivity contribution in [3.05, 3.63) is 73.2 Å². The van der Waals surface area contributed by atoms with Gasteiger partial charge >= 0.3 is 0 Å². The molecule has 0 aliphatic heterocycles. The van der Waals surface area contributed by atoms with Crippen LogP contribution >= 0.6 is 11.8 Å². The van der Waals surface area contributed by atoms with Gasteiger partial charge in [0, 0.05) is 22.2 Å². The summed E-state index contributed by atoms with van der Waals surface area (Å²) < 4.78 is 0. The summed E-state index contributed by atoms with van der Waals surface area (Å²) in [5.74, 6) is 0.588. The lowest BCUT2D eigenvalue weighted by Gasteiger charge is -2.12. The highest BCUT2D eigenvalue weighted by Crippen LogP contribution is 2.34. The smallest absolute Gasteiger partial charge is 0.158 e. The molecule has 4 aromatic rings. The number of rotatable bonds is 4. The predicted octanol–water partition coefficient (Wildman–Crippen LogP) is 4.50. The normalized spacial score (nSPS) is 10.7. The Morgan fingerprint density at radius 3 is 2.60 bits per heavy atom. The minimum atomic E-state index is 0.525. The van der Waals surface area contributed by atoms with Gasteiger partial charge in [0.15, 0.2) is 5.82 Å². The Balaban J connectivity index is 1.68. The highest BCUT2D eigenvalue weighted by molar-refractivity contribution is 7.99. The third-order valence-electron chi connectivity index (χ3n) is 3.70. The molecule has 0 fully saturated rings. The first-order valence-electron chi connectivity index (χ1n) is 7.75. The molecule has 0 amide bonds. The summed E-state index contributed by atoms with van der Waals surface area (Å²) in [6, 6.07) is 19.8. The molecule has 5 nitrogen and oxygen atoms in total. The molecule has 6 heteroatoms. The van der Waals surface area contributed by atoms with E-state index < -0.39 is 0 Å². The maximum Gasteiger partial charge on any atom is 0.158 e. The molecular weight excluding hydrogens is 330 g/mol. The molecule has 3 N–H and O–H groups in total. The van der Waals surface area contributed by atoms with Gasteiger partial charge in [-0.25, -0.2) is 9.97 Å². The maximum atomic E-state index is 6.30. The first kappa shape index (κ1) is 15.4. The zero-order chi connectivity index (χ0) is 17.1. The van der Waals surface area contributed by atoms with Crippen molar-refractivity contribution in [2.45, 2.75) is 9.92 Å². The highest BCUT2D eigenvalue weighted by Gasteiger charge is 2.11. The summed E-state index contributed by atoms with van der Waals surface area (Å²) in [6.07, 6.45) is 3.30. The third-order valence-corrected chi connectivity index (χ3v) is 4.73. The quantitative estimate of drug-likeness (QED) is 0.530. The van der Waals surface area contributed by atoms with Crippen LogP contribution in [0.15, 0.2) is 83.1 Å². The van der Waals surface area contributed by atoms with Crippen molar-refractivity contribution in [3.63, 3.8) is 0 Å². The lowest BCUT2D eigenvalue weighted by atomic mass is 10.2. The molecule has 0 bridgehead atoms. The Labute approximate surface area is 149 Å². The van der Waals surface area contributed by atoms with E-state index in [1.165, 1.54) is 18.1 Å². The SMILES string of the molecule is Nc1c(Nc2cccc3ncccc23)ncnc1Sc1ccccc1. The fourth-order valence-electron chi connectivity index (χ4n) is 2.50. The molecule has 2 heterocycles. The van der Waals surface area contributed by atoms with E-state index in [-0.39, 0.29) is 0 Å². The number of nitrogens with one attached hydrogen (secondary N) is 1. The van der Waals surface area contributed by atoms with Crippen LogP contribution in [0.2, 0.25) is 0 Å². The van der Waals surface area contributed by atoms with E-state index in [4.69, 9.17) is 5.73 Å². The molecule has 2 aromatic carbocycles. The second-order valence-electron chi connectivity index (χ2n) is 5.36. The summed E-state index contributed by atoms with van der Waals surface area (Å²) in [6.45, 7) is 0. The molecular formula is C19H15N5S. The van der Waals surface area contributed by atoms with Crippen LogP contribution in [-0.2, 0) is 0 Å². The minimum absolute atomic E-state index is 0.525. The number of anilines is 3. The van der Waals surface area contributed by atoms with Gasteiger partial charge in [-0.3, -0.25) is 4.98 Å². The number of nitrogens with two attached hydrogens (primary N) is 1. The van der Waals surface area contributed by atoms with Gasteiger partial charge in [0.2, 0.25) is 0 Å². The lowest BCUT2D eigenvalue weighted by Crippen LogP contribution is -2.02. The van der Waals surface area contributed by atoms with Gasteiger partial charge in [-0.1, -0.05) is 36.0 Å². The van der Waals surface area contributed by atoms with Crippen LogP contribution in [0.4, 0.5) is 17.2 Å². The average molecular weight is 345 g/mol. The Morgan fingerprint density at radius 1 is 0.840 bits per heavy atom. The number of hydrogen-bond donors (Lipinski definition) is 2. The molecule has 4 rings (SSSR count). The third kappa shape index (κ3) is 3.25. The van der Waals surface area contributed by atoms with Crippen LogP contribution in [0.1, 0.15) is 0 Å². The Kier molecular flexibility index (Phi) is 4.18. The summed E-state index contributed by atoms with van der Waals surface area (Å²) in [7, 11) is 0. The Bertz CT molecular complexity index is 1020. The van der Waals surface area contributed by atoms with Gasteiger partial charge in [0.1, 0.15) is 17.0 Å². The van der Waals surface area contributed by atoms with Crippen molar-refractivity contribution >= 4 is 39.9 Å². The van der Waals surface area contributed by atoms with Crippen LogP contribution in [0, 0.1) is 0 Å². The van der Waals surface area contributed by atoms with E-state index in [1.807, 2.05) is 60.7 Å². The molecule has 2 aromatic heterocycles. The lowest BCUT2D eigenvalue weighted by molar-refractivity contribution is 1.06. The van der Waals surface area contributed by atoms with E-state index in [1.54, 1.807) is 6.20 Å². The van der Waals surface area contributed by atoms with Crippen LogP contribution in [-0.4, -0.2) is 15.0 Å². The van der Waals surface area contributed by atoms with E-state index in [0.717, 1.165) is 26.5 Å². The second-order valence-corrected chi connectivity index (χ2v) is 6.42. The number of nitrogen functional groups attached to an aromatic ring is 1. The number of aromatic nitrogens is 3. The van der Waals surface area contributed by atoms with E-state index >= 15 is 0 Å². The van der Waals surface area contributed by atoms with Crippen molar-refractivity contribution in [1.29, 1.82) is 0 Å².